The molecule has 0 amide bonds. The maximum Gasteiger partial charge on any atom is 0.188 e. The number of ether oxygens (including phenoxy) is 2. The summed E-state index contributed by atoms with van der Waals surface area (Å²) in [6.07, 6.45) is 1.04. The molecule has 1 atom stereocenters. The standard InChI is InChI=1S/C15H20O3/c1-11-3-4-14(7-12(11)2)15(16)10-18-9-13-5-6-17-8-13/h3-4,7,13H,5-6,8-10H2,1-2H3. The van der Waals surface area contributed by atoms with Crippen LogP contribution >= 0.6 is 0 Å². The zero-order valence-electron chi connectivity index (χ0n) is 11.1. The number of Topliss-reactive ketones (excluding diaryl/α,β-unsaturated/α-hetero) is 1. The topological polar surface area (TPSA) is 35.5 Å². The van der Waals surface area contributed by atoms with Crippen molar-refractivity contribution in [3.05, 3.63) is 34.9 Å². The predicted octanol–water partition coefficient (Wildman–Crippen LogP) is 2.54. The first-order valence-corrected chi connectivity index (χ1v) is 6.43. The summed E-state index contributed by atoms with van der Waals surface area (Å²) < 4.78 is 10.7. The van der Waals surface area contributed by atoms with Crippen LogP contribution in [0.15, 0.2) is 18.2 Å². The molecule has 1 aromatic rings. The van der Waals surface area contributed by atoms with Gasteiger partial charge in [0.1, 0.15) is 6.61 Å². The van der Waals surface area contributed by atoms with E-state index in [-0.39, 0.29) is 12.4 Å². The summed E-state index contributed by atoms with van der Waals surface area (Å²) >= 11 is 0. The minimum atomic E-state index is 0.0528. The van der Waals surface area contributed by atoms with Gasteiger partial charge in [-0.3, -0.25) is 4.79 Å². The molecule has 1 aliphatic heterocycles. The second-order valence-electron chi connectivity index (χ2n) is 4.97. The number of hydrogen-bond donors (Lipinski definition) is 0. The highest BCUT2D eigenvalue weighted by Crippen LogP contribution is 2.13. The first-order chi connectivity index (χ1) is 8.66. The van der Waals surface area contributed by atoms with Crippen molar-refractivity contribution in [2.45, 2.75) is 20.3 Å². The Morgan fingerprint density at radius 1 is 1.39 bits per heavy atom. The van der Waals surface area contributed by atoms with Gasteiger partial charge in [-0.05, 0) is 37.5 Å². The molecule has 18 heavy (non-hydrogen) atoms. The highest BCUT2D eigenvalue weighted by molar-refractivity contribution is 5.97. The summed E-state index contributed by atoms with van der Waals surface area (Å²) in [5.74, 6) is 0.509. The lowest BCUT2D eigenvalue weighted by atomic mass is 10.0. The van der Waals surface area contributed by atoms with Gasteiger partial charge in [0, 0.05) is 18.1 Å². The predicted molar refractivity (Wildman–Crippen MR) is 70.0 cm³/mol. The molecule has 1 aliphatic rings. The van der Waals surface area contributed by atoms with Crippen LogP contribution in [-0.2, 0) is 9.47 Å². The number of carbonyl (C=O) groups excluding carboxylic acids is 1. The second kappa shape index (κ2) is 6.12. The molecular formula is C15H20O3. The van der Waals surface area contributed by atoms with Crippen molar-refractivity contribution in [3.8, 4) is 0 Å². The van der Waals surface area contributed by atoms with E-state index < -0.39 is 0 Å². The van der Waals surface area contributed by atoms with Gasteiger partial charge < -0.3 is 9.47 Å². The van der Waals surface area contributed by atoms with Crippen molar-refractivity contribution in [2.24, 2.45) is 5.92 Å². The smallest absolute Gasteiger partial charge is 0.188 e. The van der Waals surface area contributed by atoms with Gasteiger partial charge in [-0.1, -0.05) is 12.1 Å². The van der Waals surface area contributed by atoms with Crippen molar-refractivity contribution in [2.75, 3.05) is 26.4 Å². The molecule has 1 saturated heterocycles. The van der Waals surface area contributed by atoms with E-state index in [0.717, 1.165) is 30.8 Å². The van der Waals surface area contributed by atoms with Crippen LogP contribution in [0.3, 0.4) is 0 Å². The molecule has 0 N–H and O–H groups in total. The molecular weight excluding hydrogens is 228 g/mol. The van der Waals surface area contributed by atoms with Crippen LogP contribution in [0.5, 0.6) is 0 Å². The van der Waals surface area contributed by atoms with Crippen molar-refractivity contribution in [3.63, 3.8) is 0 Å². The van der Waals surface area contributed by atoms with Crippen LogP contribution in [0, 0.1) is 19.8 Å². The number of carbonyl (C=O) groups is 1. The molecule has 1 aromatic carbocycles. The van der Waals surface area contributed by atoms with Gasteiger partial charge in [0.2, 0.25) is 0 Å². The van der Waals surface area contributed by atoms with Gasteiger partial charge in [-0.15, -0.1) is 0 Å². The zero-order chi connectivity index (χ0) is 13.0. The van der Waals surface area contributed by atoms with Gasteiger partial charge >= 0.3 is 0 Å². The molecule has 3 heteroatoms. The van der Waals surface area contributed by atoms with Crippen LogP contribution in [0.2, 0.25) is 0 Å². The summed E-state index contributed by atoms with van der Waals surface area (Å²) in [5.41, 5.74) is 3.08. The zero-order valence-corrected chi connectivity index (χ0v) is 11.1. The third-order valence-electron chi connectivity index (χ3n) is 3.44. The van der Waals surface area contributed by atoms with Crippen molar-refractivity contribution < 1.29 is 14.3 Å². The van der Waals surface area contributed by atoms with E-state index in [4.69, 9.17) is 9.47 Å². The molecule has 0 bridgehead atoms. The van der Waals surface area contributed by atoms with E-state index >= 15 is 0 Å². The molecule has 0 saturated carbocycles. The number of aryl methyl sites for hydroxylation is 2. The highest BCUT2D eigenvalue weighted by Gasteiger charge is 2.16. The first kappa shape index (κ1) is 13.2. The lowest BCUT2D eigenvalue weighted by Gasteiger charge is -2.09. The summed E-state index contributed by atoms with van der Waals surface area (Å²) in [4.78, 5) is 11.9. The van der Waals surface area contributed by atoms with E-state index in [1.54, 1.807) is 0 Å². The maximum atomic E-state index is 11.9. The third kappa shape index (κ3) is 3.40. The minimum Gasteiger partial charge on any atom is -0.381 e. The molecule has 3 nitrogen and oxygen atoms in total. The first-order valence-electron chi connectivity index (χ1n) is 6.43. The Kier molecular flexibility index (Phi) is 4.50. The largest absolute Gasteiger partial charge is 0.381 e. The number of rotatable bonds is 5. The highest BCUT2D eigenvalue weighted by atomic mass is 16.5. The van der Waals surface area contributed by atoms with Crippen molar-refractivity contribution in [1.29, 1.82) is 0 Å². The molecule has 1 heterocycles. The Balaban J connectivity index is 1.81. The maximum absolute atomic E-state index is 11.9. The van der Waals surface area contributed by atoms with Crippen LogP contribution in [-0.4, -0.2) is 32.2 Å². The van der Waals surface area contributed by atoms with Crippen LogP contribution < -0.4 is 0 Å². The Labute approximate surface area is 108 Å². The summed E-state index contributed by atoms with van der Waals surface area (Å²) in [6.45, 7) is 6.43. The van der Waals surface area contributed by atoms with Crippen LogP contribution in [0.4, 0.5) is 0 Å². The van der Waals surface area contributed by atoms with Gasteiger partial charge in [-0.25, -0.2) is 0 Å². The average molecular weight is 248 g/mol. The minimum absolute atomic E-state index is 0.0528. The fraction of sp³-hybridized carbons (Fsp3) is 0.533. The van der Waals surface area contributed by atoms with E-state index in [1.807, 2.05) is 32.0 Å². The molecule has 1 fully saturated rings. The molecule has 1 unspecified atom stereocenters. The van der Waals surface area contributed by atoms with Crippen LogP contribution in [0.1, 0.15) is 27.9 Å². The third-order valence-corrected chi connectivity index (χ3v) is 3.44. The van der Waals surface area contributed by atoms with Crippen LogP contribution in [0.25, 0.3) is 0 Å². The molecule has 0 aromatic heterocycles. The molecule has 98 valence electrons. The Morgan fingerprint density at radius 2 is 2.22 bits per heavy atom. The summed E-state index contributed by atoms with van der Waals surface area (Å²) in [7, 11) is 0. The Hall–Kier alpha value is -1.19. The fourth-order valence-electron chi connectivity index (χ4n) is 2.03. The average Bonchev–Trinajstić information content (AvgIpc) is 2.85. The quantitative estimate of drug-likeness (QED) is 0.751. The molecule has 0 radical (unpaired) electrons. The fourth-order valence-corrected chi connectivity index (χ4v) is 2.03. The van der Waals surface area contributed by atoms with E-state index in [9.17, 15) is 4.79 Å². The van der Waals surface area contributed by atoms with Gasteiger partial charge in [0.05, 0.1) is 13.2 Å². The monoisotopic (exact) mass is 248 g/mol. The number of hydrogen-bond acceptors (Lipinski definition) is 3. The summed E-state index contributed by atoms with van der Waals surface area (Å²) in [6, 6.07) is 5.78. The van der Waals surface area contributed by atoms with E-state index in [1.165, 1.54) is 5.56 Å². The number of benzene rings is 1. The summed E-state index contributed by atoms with van der Waals surface area (Å²) in [5, 5.41) is 0. The van der Waals surface area contributed by atoms with Crippen molar-refractivity contribution >= 4 is 5.78 Å². The Bertz CT molecular complexity index is 420. The Morgan fingerprint density at radius 3 is 2.89 bits per heavy atom. The lowest BCUT2D eigenvalue weighted by Crippen LogP contribution is -2.15. The van der Waals surface area contributed by atoms with Gasteiger partial charge in [0.25, 0.3) is 0 Å². The van der Waals surface area contributed by atoms with Gasteiger partial charge in [0.15, 0.2) is 5.78 Å². The van der Waals surface area contributed by atoms with Gasteiger partial charge in [-0.2, -0.15) is 0 Å². The number of ketones is 1. The van der Waals surface area contributed by atoms with E-state index in [2.05, 4.69) is 0 Å². The normalized spacial score (nSPS) is 19.1. The molecule has 0 aliphatic carbocycles. The van der Waals surface area contributed by atoms with Crippen molar-refractivity contribution in [1.82, 2.24) is 0 Å². The lowest BCUT2D eigenvalue weighted by molar-refractivity contribution is 0.0651. The molecule has 2 rings (SSSR count). The second-order valence-corrected chi connectivity index (χ2v) is 4.97. The SMILES string of the molecule is Cc1ccc(C(=O)COCC2CCOC2)cc1C. The molecule has 0 spiro atoms. The van der Waals surface area contributed by atoms with E-state index in [0.29, 0.717) is 12.5 Å².